The molecule has 1 heterocycles. The van der Waals surface area contributed by atoms with Crippen molar-refractivity contribution in [3.63, 3.8) is 0 Å². The van der Waals surface area contributed by atoms with Crippen LogP contribution in [0.15, 0.2) is 22.7 Å². The standard InChI is InChI=1S/C15H14BrF3N2O/c1-9(2)6-7-14(15(17,18)19)11-5-4-10(16)8-12(11)21(3)13(22)20-14/h4-5,8-9H,1-3H3,(H,20,22). The lowest BCUT2D eigenvalue weighted by atomic mass is 9.85. The molecule has 2 rings (SSSR count). The van der Waals surface area contributed by atoms with Crippen LogP contribution < -0.4 is 10.2 Å². The molecule has 0 saturated heterocycles. The van der Waals surface area contributed by atoms with Crippen LogP contribution in [0.4, 0.5) is 23.7 Å². The second-order valence-corrected chi connectivity index (χ2v) is 6.24. The van der Waals surface area contributed by atoms with E-state index >= 15 is 0 Å². The Bertz CT molecular complexity index is 676. The molecular formula is C15H14BrF3N2O. The zero-order valence-electron chi connectivity index (χ0n) is 12.2. The van der Waals surface area contributed by atoms with Gasteiger partial charge in [-0.1, -0.05) is 47.7 Å². The van der Waals surface area contributed by atoms with E-state index in [4.69, 9.17) is 0 Å². The van der Waals surface area contributed by atoms with E-state index in [2.05, 4.69) is 27.8 Å². The minimum absolute atomic E-state index is 0.0848. The predicted octanol–water partition coefficient (Wildman–Crippen LogP) is 4.03. The number of benzene rings is 1. The first-order valence-electron chi connectivity index (χ1n) is 6.54. The lowest BCUT2D eigenvalue weighted by Crippen LogP contribution is -2.61. The largest absolute Gasteiger partial charge is 0.427 e. The van der Waals surface area contributed by atoms with Crippen LogP contribution in [0.3, 0.4) is 0 Å². The van der Waals surface area contributed by atoms with Gasteiger partial charge in [-0.2, -0.15) is 13.2 Å². The molecule has 0 radical (unpaired) electrons. The minimum atomic E-state index is -4.74. The second kappa shape index (κ2) is 5.51. The molecule has 1 aliphatic heterocycles. The molecule has 1 aromatic rings. The van der Waals surface area contributed by atoms with Gasteiger partial charge in [0.05, 0.1) is 5.69 Å². The lowest BCUT2D eigenvalue weighted by molar-refractivity contribution is -0.178. The van der Waals surface area contributed by atoms with Gasteiger partial charge in [0.1, 0.15) is 0 Å². The van der Waals surface area contributed by atoms with Crippen LogP contribution in [0.5, 0.6) is 0 Å². The highest BCUT2D eigenvalue weighted by Crippen LogP contribution is 2.45. The van der Waals surface area contributed by atoms with Gasteiger partial charge in [0.2, 0.25) is 5.54 Å². The fourth-order valence-corrected chi connectivity index (χ4v) is 2.52. The summed E-state index contributed by atoms with van der Waals surface area (Å²) in [6.45, 7) is 3.38. The summed E-state index contributed by atoms with van der Waals surface area (Å²) in [5.41, 5.74) is -2.61. The molecule has 0 spiro atoms. The van der Waals surface area contributed by atoms with Crippen molar-refractivity contribution in [3.05, 3.63) is 28.2 Å². The maximum Gasteiger partial charge on any atom is 0.427 e. The van der Waals surface area contributed by atoms with Gasteiger partial charge in [-0.3, -0.25) is 4.90 Å². The fourth-order valence-electron chi connectivity index (χ4n) is 2.17. The molecule has 0 aromatic heterocycles. The molecule has 1 aromatic carbocycles. The molecule has 22 heavy (non-hydrogen) atoms. The second-order valence-electron chi connectivity index (χ2n) is 5.32. The highest BCUT2D eigenvalue weighted by atomic mass is 79.9. The van der Waals surface area contributed by atoms with Crippen LogP contribution in [0.1, 0.15) is 19.4 Å². The van der Waals surface area contributed by atoms with E-state index in [0.29, 0.717) is 4.47 Å². The average molecular weight is 375 g/mol. The molecule has 1 aliphatic rings. The van der Waals surface area contributed by atoms with Gasteiger partial charge in [0.25, 0.3) is 0 Å². The van der Waals surface area contributed by atoms with Gasteiger partial charge >= 0.3 is 12.2 Å². The van der Waals surface area contributed by atoms with Crippen LogP contribution in [0.2, 0.25) is 0 Å². The van der Waals surface area contributed by atoms with E-state index in [-0.39, 0.29) is 17.2 Å². The van der Waals surface area contributed by atoms with E-state index in [1.165, 1.54) is 25.2 Å². The number of nitrogens with one attached hydrogen (secondary N) is 1. The highest BCUT2D eigenvalue weighted by molar-refractivity contribution is 9.10. The lowest BCUT2D eigenvalue weighted by Gasteiger charge is -2.40. The SMILES string of the molecule is CC(C)C#CC1(C(F)(F)F)NC(=O)N(C)c2cc(Br)ccc21. The van der Waals surface area contributed by atoms with Gasteiger partial charge in [-0.25, -0.2) is 4.79 Å². The molecule has 1 N–H and O–H groups in total. The van der Waals surface area contributed by atoms with Gasteiger partial charge in [0, 0.05) is 23.0 Å². The quantitative estimate of drug-likeness (QED) is 0.683. The fraction of sp³-hybridized carbons (Fsp3) is 0.400. The monoisotopic (exact) mass is 374 g/mol. The first kappa shape index (κ1) is 16.7. The van der Waals surface area contributed by atoms with Gasteiger partial charge < -0.3 is 5.32 Å². The van der Waals surface area contributed by atoms with Crippen LogP contribution in [-0.2, 0) is 5.54 Å². The van der Waals surface area contributed by atoms with Gasteiger partial charge in [-0.15, -0.1) is 0 Å². The topological polar surface area (TPSA) is 32.3 Å². The number of carbonyl (C=O) groups excluding carboxylic acids is 1. The van der Waals surface area contributed by atoms with Crippen molar-refractivity contribution < 1.29 is 18.0 Å². The number of nitrogens with zero attached hydrogens (tertiary/aromatic N) is 1. The number of carbonyl (C=O) groups is 1. The zero-order valence-corrected chi connectivity index (χ0v) is 13.8. The van der Waals surface area contributed by atoms with Crippen molar-refractivity contribution in [3.8, 4) is 11.8 Å². The van der Waals surface area contributed by atoms with Crippen LogP contribution in [0.25, 0.3) is 0 Å². The Morgan fingerprint density at radius 2 is 2.00 bits per heavy atom. The zero-order chi connectivity index (χ0) is 16.7. The summed E-state index contributed by atoms with van der Waals surface area (Å²) in [6.07, 6.45) is -4.74. The van der Waals surface area contributed by atoms with E-state index < -0.39 is 17.7 Å². The smallest absolute Gasteiger partial charge is 0.310 e. The Morgan fingerprint density at radius 3 is 2.55 bits per heavy atom. The Labute approximate surface area is 135 Å². The van der Waals surface area contributed by atoms with Crippen LogP contribution in [0, 0.1) is 17.8 Å². The molecule has 1 unspecified atom stereocenters. The summed E-state index contributed by atoms with van der Waals surface area (Å²) in [4.78, 5) is 13.1. The number of halogens is 4. The van der Waals surface area contributed by atoms with Crippen molar-refractivity contribution in [2.75, 3.05) is 11.9 Å². The Hall–Kier alpha value is -1.68. The molecule has 0 saturated carbocycles. The maximum absolute atomic E-state index is 13.8. The molecule has 0 fully saturated rings. The Morgan fingerprint density at radius 1 is 1.36 bits per heavy atom. The van der Waals surface area contributed by atoms with Gasteiger partial charge in [0.15, 0.2) is 0 Å². The molecule has 2 amide bonds. The summed E-state index contributed by atoms with van der Waals surface area (Å²) < 4.78 is 41.9. The van der Waals surface area contributed by atoms with Gasteiger partial charge in [-0.05, 0) is 12.1 Å². The minimum Gasteiger partial charge on any atom is -0.310 e. The summed E-state index contributed by atoms with van der Waals surface area (Å²) in [5, 5.41) is 2.02. The summed E-state index contributed by atoms with van der Waals surface area (Å²) in [5.74, 6) is 4.54. The number of hydrogen-bond donors (Lipinski definition) is 1. The number of hydrogen-bond acceptors (Lipinski definition) is 1. The summed E-state index contributed by atoms with van der Waals surface area (Å²) >= 11 is 3.21. The highest BCUT2D eigenvalue weighted by Gasteiger charge is 2.60. The Kier molecular flexibility index (Phi) is 4.18. The number of alkyl halides is 3. The molecule has 0 aliphatic carbocycles. The van der Waals surface area contributed by atoms with E-state index in [9.17, 15) is 18.0 Å². The van der Waals surface area contributed by atoms with E-state index in [1.807, 2.05) is 5.32 Å². The Balaban J connectivity index is 2.78. The van der Waals surface area contributed by atoms with Crippen LogP contribution in [-0.4, -0.2) is 19.3 Å². The van der Waals surface area contributed by atoms with Crippen molar-refractivity contribution >= 4 is 27.6 Å². The predicted molar refractivity (Wildman–Crippen MR) is 81.4 cm³/mol. The number of amides is 2. The van der Waals surface area contributed by atoms with Crippen molar-refractivity contribution in [1.82, 2.24) is 5.32 Å². The molecule has 118 valence electrons. The molecule has 0 bridgehead atoms. The third-order valence-corrected chi connectivity index (χ3v) is 3.79. The van der Waals surface area contributed by atoms with Crippen molar-refractivity contribution in [1.29, 1.82) is 0 Å². The first-order chi connectivity index (χ1) is 10.1. The molecule has 3 nitrogen and oxygen atoms in total. The number of rotatable bonds is 0. The summed E-state index contributed by atoms with van der Waals surface area (Å²) in [6, 6.07) is 3.46. The normalized spacial score (nSPS) is 21.1. The number of urea groups is 1. The van der Waals surface area contributed by atoms with E-state index in [1.54, 1.807) is 13.8 Å². The molecular weight excluding hydrogens is 361 g/mol. The maximum atomic E-state index is 13.8. The third kappa shape index (κ3) is 2.68. The summed E-state index contributed by atoms with van der Waals surface area (Å²) in [7, 11) is 1.41. The molecule has 1 atom stereocenters. The first-order valence-corrected chi connectivity index (χ1v) is 7.33. The van der Waals surface area contributed by atoms with Crippen molar-refractivity contribution in [2.45, 2.75) is 25.6 Å². The van der Waals surface area contributed by atoms with Crippen molar-refractivity contribution in [2.24, 2.45) is 5.92 Å². The molecule has 7 heteroatoms. The number of fused-ring (bicyclic) bond motifs is 1. The van der Waals surface area contributed by atoms with Crippen LogP contribution >= 0.6 is 15.9 Å². The van der Waals surface area contributed by atoms with E-state index in [0.717, 1.165) is 4.90 Å². The average Bonchev–Trinajstić information content (AvgIpc) is 2.40. The number of anilines is 1. The third-order valence-electron chi connectivity index (χ3n) is 3.30.